The highest BCUT2D eigenvalue weighted by molar-refractivity contribution is 6.30. The minimum absolute atomic E-state index is 0.0418. The molecule has 2 amide bonds. The van der Waals surface area contributed by atoms with E-state index in [4.69, 9.17) is 11.6 Å². The van der Waals surface area contributed by atoms with Crippen molar-refractivity contribution in [2.45, 2.75) is 31.7 Å². The average molecular weight is 387 g/mol. The summed E-state index contributed by atoms with van der Waals surface area (Å²) in [5.41, 5.74) is 1.54. The third kappa shape index (κ3) is 5.47. The average Bonchev–Trinajstić information content (AvgIpc) is 2.68. The fourth-order valence-electron chi connectivity index (χ4n) is 3.25. The van der Waals surface area contributed by atoms with Gasteiger partial charge in [-0.3, -0.25) is 9.59 Å². The lowest BCUT2D eigenvalue weighted by molar-refractivity contribution is -0.132. The molecule has 0 aromatic heterocycles. The van der Waals surface area contributed by atoms with E-state index in [-0.39, 0.29) is 23.6 Å². The largest absolute Gasteiger partial charge is 0.508 e. The van der Waals surface area contributed by atoms with Crippen LogP contribution in [0, 0.1) is 0 Å². The maximum Gasteiger partial charge on any atom is 0.251 e. The minimum Gasteiger partial charge on any atom is -0.508 e. The Morgan fingerprint density at radius 2 is 1.81 bits per heavy atom. The number of halogens is 1. The predicted octanol–water partition coefficient (Wildman–Crippen LogP) is 3.40. The number of nitrogens with one attached hydrogen (secondary N) is 1. The van der Waals surface area contributed by atoms with Crippen LogP contribution in [0.1, 0.15) is 35.2 Å². The van der Waals surface area contributed by atoms with Crippen molar-refractivity contribution in [3.63, 3.8) is 0 Å². The molecule has 2 aromatic carbocycles. The van der Waals surface area contributed by atoms with Crippen molar-refractivity contribution in [1.82, 2.24) is 10.2 Å². The first-order valence-corrected chi connectivity index (χ1v) is 9.51. The van der Waals surface area contributed by atoms with E-state index in [0.29, 0.717) is 36.5 Å². The van der Waals surface area contributed by atoms with Crippen LogP contribution in [0.2, 0.25) is 5.02 Å². The standard InChI is InChI=1S/C21H23ClN2O3/c22-17-7-4-15(5-8-17)6-9-20(26)24-12-10-18(11-13-24)23-21(27)16-2-1-3-19(25)14-16/h1-5,7-8,14,18,25H,6,9-13H2,(H,23,27). The van der Waals surface area contributed by atoms with E-state index in [1.54, 1.807) is 12.1 Å². The Labute approximate surface area is 163 Å². The van der Waals surface area contributed by atoms with Crippen molar-refractivity contribution >= 4 is 23.4 Å². The van der Waals surface area contributed by atoms with Crippen LogP contribution in [0.5, 0.6) is 5.75 Å². The molecule has 0 radical (unpaired) electrons. The van der Waals surface area contributed by atoms with Crippen LogP contribution in [0.15, 0.2) is 48.5 Å². The maximum absolute atomic E-state index is 12.4. The number of hydrogen-bond donors (Lipinski definition) is 2. The Morgan fingerprint density at radius 3 is 2.48 bits per heavy atom. The summed E-state index contributed by atoms with van der Waals surface area (Å²) in [4.78, 5) is 26.5. The van der Waals surface area contributed by atoms with Gasteiger partial charge in [-0.05, 0) is 55.2 Å². The van der Waals surface area contributed by atoms with Gasteiger partial charge in [-0.25, -0.2) is 0 Å². The number of benzene rings is 2. The molecule has 0 unspecified atom stereocenters. The van der Waals surface area contributed by atoms with Crippen molar-refractivity contribution < 1.29 is 14.7 Å². The number of hydrogen-bond acceptors (Lipinski definition) is 3. The highest BCUT2D eigenvalue weighted by atomic mass is 35.5. The summed E-state index contributed by atoms with van der Waals surface area (Å²) >= 11 is 5.88. The molecular weight excluding hydrogens is 364 g/mol. The lowest BCUT2D eigenvalue weighted by Gasteiger charge is -2.32. The third-order valence-electron chi connectivity index (χ3n) is 4.83. The zero-order valence-electron chi connectivity index (χ0n) is 15.0. The van der Waals surface area contributed by atoms with E-state index in [0.717, 1.165) is 18.4 Å². The molecule has 1 aliphatic heterocycles. The highest BCUT2D eigenvalue weighted by Gasteiger charge is 2.24. The summed E-state index contributed by atoms with van der Waals surface area (Å²) in [5, 5.41) is 13.2. The van der Waals surface area contributed by atoms with E-state index in [1.807, 2.05) is 29.2 Å². The van der Waals surface area contributed by atoms with Gasteiger partial charge in [0, 0.05) is 36.1 Å². The van der Waals surface area contributed by atoms with Crippen molar-refractivity contribution in [3.05, 3.63) is 64.7 Å². The molecule has 3 rings (SSSR count). The summed E-state index contributed by atoms with van der Waals surface area (Å²) in [5.74, 6) is 0.0184. The molecule has 5 nitrogen and oxygen atoms in total. The molecule has 27 heavy (non-hydrogen) atoms. The number of aromatic hydroxyl groups is 1. The van der Waals surface area contributed by atoms with Crippen molar-refractivity contribution in [3.8, 4) is 5.75 Å². The Hall–Kier alpha value is -2.53. The van der Waals surface area contributed by atoms with Crippen molar-refractivity contribution in [1.29, 1.82) is 0 Å². The van der Waals surface area contributed by atoms with Crippen LogP contribution in [0.25, 0.3) is 0 Å². The monoisotopic (exact) mass is 386 g/mol. The molecule has 2 N–H and O–H groups in total. The molecule has 0 saturated carbocycles. The minimum atomic E-state index is -0.196. The van der Waals surface area contributed by atoms with Crippen molar-refractivity contribution in [2.24, 2.45) is 0 Å². The van der Waals surface area contributed by atoms with Gasteiger partial charge in [-0.1, -0.05) is 29.8 Å². The number of amides is 2. The van der Waals surface area contributed by atoms with E-state index >= 15 is 0 Å². The second-order valence-electron chi connectivity index (χ2n) is 6.81. The Balaban J connectivity index is 1.43. The van der Waals surface area contributed by atoms with E-state index in [9.17, 15) is 14.7 Å². The number of nitrogens with zero attached hydrogens (tertiary/aromatic N) is 1. The second kappa shape index (κ2) is 8.91. The fraction of sp³-hybridized carbons (Fsp3) is 0.333. The Morgan fingerprint density at radius 1 is 1.11 bits per heavy atom. The number of phenolic OH excluding ortho intramolecular Hbond substituents is 1. The molecule has 0 aliphatic carbocycles. The zero-order valence-corrected chi connectivity index (χ0v) is 15.8. The lowest BCUT2D eigenvalue weighted by Crippen LogP contribution is -2.46. The Bertz CT molecular complexity index is 799. The first kappa shape index (κ1) is 19.2. The summed E-state index contributed by atoms with van der Waals surface area (Å²) in [6.07, 6.45) is 2.64. The molecule has 1 saturated heterocycles. The van der Waals surface area contributed by atoms with Gasteiger partial charge in [0.2, 0.25) is 5.91 Å². The predicted molar refractivity (Wildman–Crippen MR) is 105 cm³/mol. The van der Waals surface area contributed by atoms with Crippen LogP contribution in [0.3, 0.4) is 0 Å². The van der Waals surface area contributed by atoms with Gasteiger partial charge in [0.15, 0.2) is 0 Å². The van der Waals surface area contributed by atoms with E-state index < -0.39 is 0 Å². The molecule has 0 atom stereocenters. The maximum atomic E-state index is 12.4. The van der Waals surface area contributed by atoms with Gasteiger partial charge >= 0.3 is 0 Å². The zero-order chi connectivity index (χ0) is 19.2. The summed E-state index contributed by atoms with van der Waals surface area (Å²) in [6.45, 7) is 1.29. The normalized spacial score (nSPS) is 14.8. The van der Waals surface area contributed by atoms with Crippen LogP contribution in [-0.4, -0.2) is 41.0 Å². The topological polar surface area (TPSA) is 69.6 Å². The molecule has 1 fully saturated rings. The molecule has 0 bridgehead atoms. The fourth-order valence-corrected chi connectivity index (χ4v) is 3.38. The number of phenols is 1. The van der Waals surface area contributed by atoms with Gasteiger partial charge in [0.1, 0.15) is 5.75 Å². The quantitative estimate of drug-likeness (QED) is 0.827. The van der Waals surface area contributed by atoms with Crippen molar-refractivity contribution in [2.75, 3.05) is 13.1 Å². The molecule has 142 valence electrons. The number of carbonyl (C=O) groups excluding carboxylic acids is 2. The van der Waals surface area contributed by atoms with Crippen LogP contribution < -0.4 is 5.32 Å². The smallest absolute Gasteiger partial charge is 0.251 e. The van der Waals surface area contributed by atoms with Gasteiger partial charge in [-0.15, -0.1) is 0 Å². The first-order valence-electron chi connectivity index (χ1n) is 9.13. The van der Waals surface area contributed by atoms with E-state index in [2.05, 4.69) is 5.32 Å². The van der Waals surface area contributed by atoms with Crippen LogP contribution >= 0.6 is 11.6 Å². The van der Waals surface area contributed by atoms with Crippen LogP contribution in [0.4, 0.5) is 0 Å². The molecule has 1 aliphatic rings. The SMILES string of the molecule is O=C(NC1CCN(C(=O)CCc2ccc(Cl)cc2)CC1)c1cccc(O)c1. The van der Waals surface area contributed by atoms with Gasteiger partial charge in [0.05, 0.1) is 0 Å². The number of carbonyl (C=O) groups is 2. The molecule has 0 spiro atoms. The molecule has 2 aromatic rings. The summed E-state index contributed by atoms with van der Waals surface area (Å²) in [6, 6.07) is 13.9. The second-order valence-corrected chi connectivity index (χ2v) is 7.24. The first-order chi connectivity index (χ1) is 13.0. The molecular formula is C21H23ClN2O3. The summed E-state index contributed by atoms with van der Waals surface area (Å²) in [7, 11) is 0. The Kier molecular flexibility index (Phi) is 6.35. The van der Waals surface area contributed by atoms with Crippen LogP contribution in [-0.2, 0) is 11.2 Å². The van der Waals surface area contributed by atoms with E-state index in [1.165, 1.54) is 12.1 Å². The van der Waals surface area contributed by atoms with Gasteiger partial charge < -0.3 is 15.3 Å². The highest BCUT2D eigenvalue weighted by Crippen LogP contribution is 2.16. The molecule has 6 heteroatoms. The van der Waals surface area contributed by atoms with Gasteiger partial charge in [-0.2, -0.15) is 0 Å². The van der Waals surface area contributed by atoms with Gasteiger partial charge in [0.25, 0.3) is 5.91 Å². The third-order valence-corrected chi connectivity index (χ3v) is 5.08. The molecule has 1 heterocycles. The number of rotatable bonds is 5. The number of aryl methyl sites for hydroxylation is 1. The number of piperidine rings is 1. The summed E-state index contributed by atoms with van der Waals surface area (Å²) < 4.78 is 0. The number of likely N-dealkylation sites (tertiary alicyclic amines) is 1. The lowest BCUT2D eigenvalue weighted by atomic mass is 10.0.